The first-order valence-corrected chi connectivity index (χ1v) is 5.57. The van der Waals surface area contributed by atoms with Crippen LogP contribution < -0.4 is 5.32 Å². The fraction of sp³-hybridized carbons (Fsp3) is 1.00. The summed E-state index contributed by atoms with van der Waals surface area (Å²) >= 11 is 0. The van der Waals surface area contributed by atoms with Gasteiger partial charge in [-0.05, 0) is 51.0 Å². The summed E-state index contributed by atoms with van der Waals surface area (Å²) in [6, 6.07) is 0.254. The van der Waals surface area contributed by atoms with Crippen LogP contribution >= 0.6 is 0 Å². The molecular formula is C11H21NO. The second kappa shape index (κ2) is 3.58. The minimum atomic E-state index is -0.125. The number of hydrogen-bond donors (Lipinski definition) is 2. The van der Waals surface area contributed by atoms with Crippen molar-refractivity contribution in [1.29, 1.82) is 0 Å². The lowest BCUT2D eigenvalue weighted by Crippen LogP contribution is -2.41. The molecule has 4 unspecified atom stereocenters. The standard InChI is InChI=1S/C11H21NO/c1-7(12-2)11(13)10-6-8-3-4-9(10)5-8/h7-13H,3-6H2,1-2H3/t7-,8?,9?,10?,11?/m0/s1. The summed E-state index contributed by atoms with van der Waals surface area (Å²) in [7, 11) is 1.93. The van der Waals surface area contributed by atoms with Crippen molar-refractivity contribution in [2.24, 2.45) is 17.8 Å². The van der Waals surface area contributed by atoms with E-state index >= 15 is 0 Å². The Morgan fingerprint density at radius 2 is 2.08 bits per heavy atom. The third-order valence-corrected chi connectivity index (χ3v) is 4.20. The lowest BCUT2D eigenvalue weighted by atomic mass is 9.82. The predicted octanol–water partition coefficient (Wildman–Crippen LogP) is 1.39. The van der Waals surface area contributed by atoms with Crippen molar-refractivity contribution < 1.29 is 5.11 Å². The summed E-state index contributed by atoms with van der Waals surface area (Å²) in [6.45, 7) is 2.08. The summed E-state index contributed by atoms with van der Waals surface area (Å²) in [6.07, 6.45) is 5.32. The van der Waals surface area contributed by atoms with Gasteiger partial charge >= 0.3 is 0 Å². The third kappa shape index (κ3) is 1.62. The number of aliphatic hydroxyl groups excluding tert-OH is 1. The quantitative estimate of drug-likeness (QED) is 0.693. The first-order chi connectivity index (χ1) is 6.22. The average molecular weight is 183 g/mol. The predicted molar refractivity (Wildman–Crippen MR) is 53.5 cm³/mol. The zero-order chi connectivity index (χ0) is 9.42. The Balaban J connectivity index is 1.94. The summed E-state index contributed by atoms with van der Waals surface area (Å²) in [5.74, 6) is 2.35. The molecule has 2 bridgehead atoms. The molecule has 2 heteroatoms. The molecular weight excluding hydrogens is 162 g/mol. The largest absolute Gasteiger partial charge is 0.391 e. The van der Waals surface area contributed by atoms with Crippen LogP contribution in [0.1, 0.15) is 32.6 Å². The second-order valence-electron chi connectivity index (χ2n) is 4.91. The second-order valence-corrected chi connectivity index (χ2v) is 4.91. The van der Waals surface area contributed by atoms with E-state index in [1.54, 1.807) is 0 Å². The molecule has 2 rings (SSSR count). The topological polar surface area (TPSA) is 32.3 Å². The van der Waals surface area contributed by atoms with E-state index in [4.69, 9.17) is 0 Å². The van der Waals surface area contributed by atoms with Crippen molar-refractivity contribution in [3.8, 4) is 0 Å². The molecule has 0 aliphatic heterocycles. The molecule has 76 valence electrons. The van der Waals surface area contributed by atoms with E-state index in [-0.39, 0.29) is 12.1 Å². The van der Waals surface area contributed by atoms with Gasteiger partial charge < -0.3 is 10.4 Å². The molecule has 0 aromatic heterocycles. The molecule has 2 fully saturated rings. The molecule has 2 aliphatic carbocycles. The van der Waals surface area contributed by atoms with Crippen LogP contribution in [0.5, 0.6) is 0 Å². The van der Waals surface area contributed by atoms with E-state index in [1.165, 1.54) is 25.7 Å². The lowest BCUT2D eigenvalue weighted by Gasteiger charge is -2.30. The Morgan fingerprint density at radius 1 is 1.31 bits per heavy atom. The van der Waals surface area contributed by atoms with Gasteiger partial charge in [-0.3, -0.25) is 0 Å². The zero-order valence-electron chi connectivity index (χ0n) is 8.66. The van der Waals surface area contributed by atoms with Crippen molar-refractivity contribution >= 4 is 0 Å². The number of rotatable bonds is 3. The molecule has 0 aromatic carbocycles. The van der Waals surface area contributed by atoms with E-state index in [0.717, 1.165) is 11.8 Å². The summed E-state index contributed by atoms with van der Waals surface area (Å²) in [4.78, 5) is 0. The number of aliphatic hydroxyl groups is 1. The van der Waals surface area contributed by atoms with Gasteiger partial charge in [-0.1, -0.05) is 6.42 Å². The Morgan fingerprint density at radius 3 is 2.54 bits per heavy atom. The molecule has 0 spiro atoms. The van der Waals surface area contributed by atoms with E-state index in [2.05, 4.69) is 12.2 Å². The lowest BCUT2D eigenvalue weighted by molar-refractivity contribution is 0.0491. The number of nitrogens with one attached hydrogen (secondary N) is 1. The molecule has 2 nitrogen and oxygen atoms in total. The minimum absolute atomic E-state index is 0.125. The third-order valence-electron chi connectivity index (χ3n) is 4.20. The fourth-order valence-corrected chi connectivity index (χ4v) is 3.25. The summed E-state index contributed by atoms with van der Waals surface area (Å²) in [5.41, 5.74) is 0. The minimum Gasteiger partial charge on any atom is -0.391 e. The molecule has 13 heavy (non-hydrogen) atoms. The van der Waals surface area contributed by atoms with Crippen LogP contribution in [-0.2, 0) is 0 Å². The van der Waals surface area contributed by atoms with E-state index < -0.39 is 0 Å². The van der Waals surface area contributed by atoms with Gasteiger partial charge in [0.15, 0.2) is 0 Å². The van der Waals surface area contributed by atoms with Crippen molar-refractivity contribution in [1.82, 2.24) is 5.32 Å². The van der Waals surface area contributed by atoms with Gasteiger partial charge in [0.2, 0.25) is 0 Å². The van der Waals surface area contributed by atoms with Gasteiger partial charge in [0, 0.05) is 6.04 Å². The molecule has 2 N–H and O–H groups in total. The van der Waals surface area contributed by atoms with E-state index in [0.29, 0.717) is 5.92 Å². The van der Waals surface area contributed by atoms with Gasteiger partial charge in [0.1, 0.15) is 0 Å². The van der Waals surface area contributed by atoms with Crippen molar-refractivity contribution in [2.45, 2.75) is 44.8 Å². The molecule has 0 saturated heterocycles. The smallest absolute Gasteiger partial charge is 0.0721 e. The van der Waals surface area contributed by atoms with Gasteiger partial charge in [-0.2, -0.15) is 0 Å². The van der Waals surface area contributed by atoms with Gasteiger partial charge in [-0.15, -0.1) is 0 Å². The van der Waals surface area contributed by atoms with Gasteiger partial charge in [0.25, 0.3) is 0 Å². The number of likely N-dealkylation sites (N-methyl/N-ethyl adjacent to an activating group) is 1. The van der Waals surface area contributed by atoms with Crippen LogP contribution in [0, 0.1) is 17.8 Å². The zero-order valence-corrected chi connectivity index (χ0v) is 8.66. The fourth-order valence-electron chi connectivity index (χ4n) is 3.25. The highest BCUT2D eigenvalue weighted by atomic mass is 16.3. The average Bonchev–Trinajstić information content (AvgIpc) is 2.76. The Bertz CT molecular complexity index is 183. The van der Waals surface area contributed by atoms with Crippen molar-refractivity contribution in [3.05, 3.63) is 0 Å². The van der Waals surface area contributed by atoms with E-state index in [9.17, 15) is 5.11 Å². The summed E-state index contributed by atoms with van der Waals surface area (Å²) < 4.78 is 0. The highest BCUT2D eigenvalue weighted by molar-refractivity contribution is 4.95. The van der Waals surface area contributed by atoms with Crippen LogP contribution in [0.3, 0.4) is 0 Å². The molecule has 0 radical (unpaired) electrons. The van der Waals surface area contributed by atoms with Crippen molar-refractivity contribution in [3.63, 3.8) is 0 Å². The first kappa shape index (κ1) is 9.47. The van der Waals surface area contributed by atoms with Gasteiger partial charge in [0.05, 0.1) is 6.10 Å². The highest BCUT2D eigenvalue weighted by Crippen LogP contribution is 2.49. The number of fused-ring (bicyclic) bond motifs is 2. The van der Waals surface area contributed by atoms with Crippen LogP contribution in [0.25, 0.3) is 0 Å². The van der Waals surface area contributed by atoms with E-state index in [1.807, 2.05) is 7.05 Å². The van der Waals surface area contributed by atoms with Gasteiger partial charge in [-0.25, -0.2) is 0 Å². The first-order valence-electron chi connectivity index (χ1n) is 5.57. The Hall–Kier alpha value is -0.0800. The molecule has 2 saturated carbocycles. The maximum atomic E-state index is 10.1. The maximum absolute atomic E-state index is 10.1. The molecule has 2 aliphatic rings. The SMILES string of the molecule is CN[C@@H](C)C(O)C1CC2CCC1C2. The number of hydrogen-bond acceptors (Lipinski definition) is 2. The highest BCUT2D eigenvalue weighted by Gasteiger charge is 2.43. The molecule has 0 amide bonds. The van der Waals surface area contributed by atoms with Crippen molar-refractivity contribution in [2.75, 3.05) is 7.05 Å². The molecule has 0 aromatic rings. The molecule has 0 heterocycles. The van der Waals surface area contributed by atoms with Crippen LogP contribution in [-0.4, -0.2) is 24.3 Å². The maximum Gasteiger partial charge on any atom is 0.0721 e. The summed E-state index contributed by atoms with van der Waals surface area (Å²) in [5, 5.41) is 13.2. The normalized spacial score (nSPS) is 42.2. The van der Waals surface area contributed by atoms with Crippen LogP contribution in [0.15, 0.2) is 0 Å². The monoisotopic (exact) mass is 183 g/mol. The Kier molecular flexibility index (Phi) is 2.61. The van der Waals surface area contributed by atoms with Crippen LogP contribution in [0.2, 0.25) is 0 Å². The molecule has 5 atom stereocenters. The van der Waals surface area contributed by atoms with Crippen LogP contribution in [0.4, 0.5) is 0 Å². The Labute approximate surface area is 80.7 Å².